The maximum atomic E-state index is 11.6. The highest BCUT2D eigenvalue weighted by Gasteiger charge is 2.22. The van der Waals surface area contributed by atoms with E-state index in [1.165, 1.54) is 7.11 Å². The Morgan fingerprint density at radius 2 is 1.74 bits per heavy atom. The van der Waals surface area contributed by atoms with Crippen molar-refractivity contribution in [3.63, 3.8) is 0 Å². The predicted octanol–water partition coefficient (Wildman–Crippen LogP) is 1.34. The average molecular weight is 273 g/mol. The van der Waals surface area contributed by atoms with Crippen LogP contribution in [0.3, 0.4) is 0 Å². The van der Waals surface area contributed by atoms with Crippen molar-refractivity contribution in [2.24, 2.45) is 5.92 Å². The number of carbonyl (C=O) groups is 3. The van der Waals surface area contributed by atoms with Gasteiger partial charge in [-0.15, -0.1) is 0 Å². The Bertz CT molecular complexity index is 314. The van der Waals surface area contributed by atoms with E-state index < -0.39 is 18.0 Å². The molecule has 0 aromatic rings. The van der Waals surface area contributed by atoms with Gasteiger partial charge in [0.05, 0.1) is 7.11 Å². The zero-order valence-electron chi connectivity index (χ0n) is 11.8. The lowest BCUT2D eigenvalue weighted by Gasteiger charge is -2.18. The molecule has 0 saturated heterocycles. The lowest BCUT2D eigenvalue weighted by Crippen LogP contribution is -2.42. The SMILES string of the molecule is COC(=O)C(CC(C)C)NC(=O)CCCCC(=O)O. The van der Waals surface area contributed by atoms with E-state index >= 15 is 0 Å². The number of carboxylic acid groups (broad SMARTS) is 1. The number of methoxy groups -OCH3 is 1. The molecular weight excluding hydrogens is 250 g/mol. The molecule has 2 N–H and O–H groups in total. The molecule has 0 aliphatic rings. The number of esters is 1. The number of ether oxygens (including phenoxy) is 1. The summed E-state index contributed by atoms with van der Waals surface area (Å²) in [5, 5.41) is 11.1. The van der Waals surface area contributed by atoms with E-state index in [2.05, 4.69) is 10.1 Å². The largest absolute Gasteiger partial charge is 0.481 e. The average Bonchev–Trinajstić information content (AvgIpc) is 2.32. The summed E-state index contributed by atoms with van der Waals surface area (Å²) >= 11 is 0. The van der Waals surface area contributed by atoms with Gasteiger partial charge in [-0.25, -0.2) is 4.79 Å². The highest BCUT2D eigenvalue weighted by atomic mass is 16.5. The first-order chi connectivity index (χ1) is 8.86. The van der Waals surface area contributed by atoms with Crippen LogP contribution >= 0.6 is 0 Å². The second-order valence-electron chi connectivity index (χ2n) is 4.87. The number of unbranched alkanes of at least 4 members (excludes halogenated alkanes) is 1. The van der Waals surface area contributed by atoms with E-state index in [9.17, 15) is 14.4 Å². The zero-order chi connectivity index (χ0) is 14.8. The van der Waals surface area contributed by atoms with Crippen LogP contribution < -0.4 is 5.32 Å². The third kappa shape index (κ3) is 9.04. The Labute approximate surface area is 113 Å². The summed E-state index contributed by atoms with van der Waals surface area (Å²) in [5.41, 5.74) is 0. The number of carboxylic acids is 1. The van der Waals surface area contributed by atoms with E-state index in [1.807, 2.05) is 13.8 Å². The quantitative estimate of drug-likeness (QED) is 0.488. The molecule has 1 atom stereocenters. The van der Waals surface area contributed by atoms with Crippen molar-refractivity contribution in [2.45, 2.75) is 52.0 Å². The zero-order valence-corrected chi connectivity index (χ0v) is 11.8. The van der Waals surface area contributed by atoms with Crippen LogP contribution in [0, 0.1) is 5.92 Å². The summed E-state index contributed by atoms with van der Waals surface area (Å²) in [5.74, 6) is -1.31. The molecule has 0 heterocycles. The fourth-order valence-corrected chi connectivity index (χ4v) is 1.66. The number of rotatable bonds is 9. The van der Waals surface area contributed by atoms with Crippen molar-refractivity contribution in [3.05, 3.63) is 0 Å². The van der Waals surface area contributed by atoms with Gasteiger partial charge in [-0.3, -0.25) is 9.59 Å². The lowest BCUT2D eigenvalue weighted by molar-refractivity contribution is -0.145. The van der Waals surface area contributed by atoms with Gasteiger partial charge in [0.15, 0.2) is 0 Å². The molecule has 0 aromatic carbocycles. The molecule has 1 unspecified atom stereocenters. The molecule has 1 amide bonds. The van der Waals surface area contributed by atoms with Crippen LogP contribution in [-0.4, -0.2) is 36.1 Å². The number of nitrogens with one attached hydrogen (secondary N) is 1. The van der Waals surface area contributed by atoms with Crippen molar-refractivity contribution in [3.8, 4) is 0 Å². The van der Waals surface area contributed by atoms with Crippen molar-refractivity contribution >= 4 is 17.8 Å². The van der Waals surface area contributed by atoms with Crippen LogP contribution in [0.4, 0.5) is 0 Å². The molecule has 6 nitrogen and oxygen atoms in total. The molecule has 0 radical (unpaired) electrons. The molecule has 0 spiro atoms. The Kier molecular flexibility index (Phi) is 8.57. The Balaban J connectivity index is 4.09. The second-order valence-corrected chi connectivity index (χ2v) is 4.87. The van der Waals surface area contributed by atoms with Crippen molar-refractivity contribution < 1.29 is 24.2 Å². The number of aliphatic carboxylic acids is 1. The Morgan fingerprint density at radius 1 is 1.16 bits per heavy atom. The second kappa shape index (κ2) is 9.35. The molecule has 110 valence electrons. The number of hydrogen-bond donors (Lipinski definition) is 2. The maximum absolute atomic E-state index is 11.6. The normalized spacial score (nSPS) is 12.0. The van der Waals surface area contributed by atoms with Gasteiger partial charge < -0.3 is 15.2 Å². The monoisotopic (exact) mass is 273 g/mol. The third-order valence-corrected chi connectivity index (χ3v) is 2.57. The summed E-state index contributed by atoms with van der Waals surface area (Å²) in [6.07, 6.45) is 1.75. The van der Waals surface area contributed by atoms with Crippen molar-refractivity contribution in [1.29, 1.82) is 0 Å². The minimum atomic E-state index is -0.868. The van der Waals surface area contributed by atoms with Crippen LogP contribution in [0.15, 0.2) is 0 Å². The molecule has 0 aliphatic carbocycles. The molecule has 0 fully saturated rings. The molecular formula is C13H23NO5. The fourth-order valence-electron chi connectivity index (χ4n) is 1.66. The molecule has 0 rings (SSSR count). The first-order valence-electron chi connectivity index (χ1n) is 6.45. The summed E-state index contributed by atoms with van der Waals surface area (Å²) < 4.78 is 4.64. The first-order valence-corrected chi connectivity index (χ1v) is 6.45. The molecule has 19 heavy (non-hydrogen) atoms. The summed E-state index contributed by atoms with van der Waals surface area (Å²) in [4.78, 5) is 33.4. The van der Waals surface area contributed by atoms with Gasteiger partial charge in [-0.1, -0.05) is 13.8 Å². The lowest BCUT2D eigenvalue weighted by atomic mass is 10.0. The number of amides is 1. The highest BCUT2D eigenvalue weighted by molar-refractivity contribution is 5.84. The van der Waals surface area contributed by atoms with Crippen LogP contribution in [0.5, 0.6) is 0 Å². The smallest absolute Gasteiger partial charge is 0.328 e. The topological polar surface area (TPSA) is 92.7 Å². The van der Waals surface area contributed by atoms with Crippen molar-refractivity contribution in [2.75, 3.05) is 7.11 Å². The van der Waals surface area contributed by atoms with Gasteiger partial charge in [0.2, 0.25) is 5.91 Å². The van der Waals surface area contributed by atoms with Crippen molar-refractivity contribution in [1.82, 2.24) is 5.32 Å². The van der Waals surface area contributed by atoms with E-state index in [-0.39, 0.29) is 24.7 Å². The van der Waals surface area contributed by atoms with E-state index in [1.54, 1.807) is 0 Å². The van der Waals surface area contributed by atoms with Gasteiger partial charge in [-0.2, -0.15) is 0 Å². The first kappa shape index (κ1) is 17.4. The van der Waals surface area contributed by atoms with Gasteiger partial charge in [0.25, 0.3) is 0 Å². The van der Waals surface area contributed by atoms with Crippen LogP contribution in [-0.2, 0) is 19.1 Å². The van der Waals surface area contributed by atoms with E-state index in [0.717, 1.165) is 0 Å². The summed E-state index contributed by atoms with van der Waals surface area (Å²) in [6.45, 7) is 3.91. The minimum Gasteiger partial charge on any atom is -0.481 e. The Morgan fingerprint density at radius 3 is 2.21 bits per heavy atom. The highest BCUT2D eigenvalue weighted by Crippen LogP contribution is 2.07. The fraction of sp³-hybridized carbons (Fsp3) is 0.769. The molecule has 6 heteroatoms. The van der Waals surface area contributed by atoms with Gasteiger partial charge in [0, 0.05) is 12.8 Å². The standard InChI is InChI=1S/C13H23NO5/c1-9(2)8-10(13(18)19-3)14-11(15)6-4-5-7-12(16)17/h9-10H,4-8H2,1-3H3,(H,14,15)(H,16,17). The Hall–Kier alpha value is -1.59. The maximum Gasteiger partial charge on any atom is 0.328 e. The molecule has 0 bridgehead atoms. The van der Waals surface area contributed by atoms with Crippen LogP contribution in [0.25, 0.3) is 0 Å². The van der Waals surface area contributed by atoms with Gasteiger partial charge in [0.1, 0.15) is 6.04 Å². The minimum absolute atomic E-state index is 0.0553. The molecule has 0 aliphatic heterocycles. The summed E-state index contributed by atoms with van der Waals surface area (Å²) in [6, 6.07) is -0.628. The predicted molar refractivity (Wildman–Crippen MR) is 69.5 cm³/mol. The number of carbonyl (C=O) groups excluding carboxylic acids is 2. The molecule has 0 aromatic heterocycles. The van der Waals surface area contributed by atoms with Crippen LogP contribution in [0.1, 0.15) is 46.0 Å². The van der Waals surface area contributed by atoms with Gasteiger partial charge in [-0.05, 0) is 25.2 Å². The van der Waals surface area contributed by atoms with E-state index in [4.69, 9.17) is 5.11 Å². The number of hydrogen-bond acceptors (Lipinski definition) is 4. The van der Waals surface area contributed by atoms with E-state index in [0.29, 0.717) is 19.3 Å². The third-order valence-electron chi connectivity index (χ3n) is 2.57. The van der Waals surface area contributed by atoms with Gasteiger partial charge >= 0.3 is 11.9 Å². The van der Waals surface area contributed by atoms with Crippen LogP contribution in [0.2, 0.25) is 0 Å². The summed E-state index contributed by atoms with van der Waals surface area (Å²) in [7, 11) is 1.29. The molecule has 0 saturated carbocycles.